The SMILES string of the molecule is CCCc1nc(C)c(C(=O)N2CCC(c3nc(C)no3)CC2)s1. The highest BCUT2D eigenvalue weighted by Gasteiger charge is 2.29. The fourth-order valence-electron chi connectivity index (χ4n) is 2.92. The second kappa shape index (κ2) is 6.78. The van der Waals surface area contributed by atoms with Crippen molar-refractivity contribution in [2.75, 3.05) is 13.1 Å². The lowest BCUT2D eigenvalue weighted by Crippen LogP contribution is -2.37. The maximum absolute atomic E-state index is 12.7. The molecular formula is C16H22N4O2S. The number of carbonyl (C=O) groups excluding carboxylic acids is 1. The Hall–Kier alpha value is -1.76. The summed E-state index contributed by atoms with van der Waals surface area (Å²) in [5, 5.41) is 4.91. The minimum Gasteiger partial charge on any atom is -0.339 e. The topological polar surface area (TPSA) is 72.1 Å². The summed E-state index contributed by atoms with van der Waals surface area (Å²) in [5.41, 5.74) is 0.859. The Kier molecular flexibility index (Phi) is 4.75. The summed E-state index contributed by atoms with van der Waals surface area (Å²) in [6.45, 7) is 7.34. The molecule has 0 bridgehead atoms. The van der Waals surface area contributed by atoms with Crippen LogP contribution in [0.25, 0.3) is 0 Å². The molecule has 1 saturated heterocycles. The van der Waals surface area contributed by atoms with E-state index in [1.165, 1.54) is 0 Å². The molecule has 0 radical (unpaired) electrons. The van der Waals surface area contributed by atoms with Crippen LogP contribution in [-0.4, -0.2) is 39.0 Å². The van der Waals surface area contributed by atoms with Crippen molar-refractivity contribution in [2.45, 2.75) is 52.4 Å². The summed E-state index contributed by atoms with van der Waals surface area (Å²) in [4.78, 5) is 24.3. The number of carbonyl (C=O) groups is 1. The van der Waals surface area contributed by atoms with Gasteiger partial charge in [-0.3, -0.25) is 4.79 Å². The van der Waals surface area contributed by atoms with Gasteiger partial charge >= 0.3 is 0 Å². The number of rotatable bonds is 4. The van der Waals surface area contributed by atoms with E-state index < -0.39 is 0 Å². The summed E-state index contributed by atoms with van der Waals surface area (Å²) >= 11 is 1.54. The minimum absolute atomic E-state index is 0.113. The van der Waals surface area contributed by atoms with Crippen molar-refractivity contribution in [3.8, 4) is 0 Å². The lowest BCUT2D eigenvalue weighted by atomic mass is 9.96. The lowest BCUT2D eigenvalue weighted by molar-refractivity contribution is 0.0708. The highest BCUT2D eigenvalue weighted by Crippen LogP contribution is 2.29. The molecule has 0 unspecified atom stereocenters. The molecule has 0 atom stereocenters. The van der Waals surface area contributed by atoms with E-state index in [1.807, 2.05) is 18.7 Å². The summed E-state index contributed by atoms with van der Waals surface area (Å²) in [6, 6.07) is 0. The summed E-state index contributed by atoms with van der Waals surface area (Å²) in [5.74, 6) is 1.75. The number of thiazole rings is 1. The molecule has 1 amide bonds. The number of piperidine rings is 1. The van der Waals surface area contributed by atoms with Crippen molar-refractivity contribution >= 4 is 17.2 Å². The Labute approximate surface area is 139 Å². The number of hydrogen-bond donors (Lipinski definition) is 0. The largest absolute Gasteiger partial charge is 0.339 e. The number of aromatic nitrogens is 3. The van der Waals surface area contributed by atoms with Crippen LogP contribution < -0.4 is 0 Å². The standard InChI is InChI=1S/C16H22N4O2S/c1-4-5-13-17-10(2)14(23-13)16(21)20-8-6-12(7-9-20)15-18-11(3)19-22-15/h12H,4-9H2,1-3H3. The molecule has 124 valence electrons. The Bertz CT molecular complexity index is 686. The fourth-order valence-corrected chi connectivity index (χ4v) is 4.06. The summed E-state index contributed by atoms with van der Waals surface area (Å²) in [7, 11) is 0. The minimum atomic E-state index is 0.113. The van der Waals surface area contributed by atoms with Crippen LogP contribution in [-0.2, 0) is 6.42 Å². The molecule has 0 saturated carbocycles. The van der Waals surface area contributed by atoms with Crippen molar-refractivity contribution in [1.82, 2.24) is 20.0 Å². The zero-order valence-electron chi connectivity index (χ0n) is 13.8. The second-order valence-electron chi connectivity index (χ2n) is 6.02. The van der Waals surface area contributed by atoms with Crippen molar-refractivity contribution in [3.05, 3.63) is 27.3 Å². The lowest BCUT2D eigenvalue weighted by Gasteiger charge is -2.30. The molecule has 1 fully saturated rings. The average Bonchev–Trinajstić information content (AvgIpc) is 3.13. The molecule has 6 nitrogen and oxygen atoms in total. The molecule has 1 aliphatic heterocycles. The van der Waals surface area contributed by atoms with Crippen LogP contribution in [0.15, 0.2) is 4.52 Å². The monoisotopic (exact) mass is 334 g/mol. The third-order valence-corrected chi connectivity index (χ3v) is 5.38. The predicted octanol–water partition coefficient (Wildman–Crippen LogP) is 3.12. The smallest absolute Gasteiger partial charge is 0.265 e. The molecule has 0 N–H and O–H groups in total. The van der Waals surface area contributed by atoms with Gasteiger partial charge in [-0.05, 0) is 39.5 Å². The average molecular weight is 334 g/mol. The molecule has 23 heavy (non-hydrogen) atoms. The molecular weight excluding hydrogens is 312 g/mol. The van der Waals surface area contributed by atoms with Gasteiger partial charge in [0.15, 0.2) is 5.82 Å². The van der Waals surface area contributed by atoms with Gasteiger partial charge in [0.05, 0.1) is 10.7 Å². The first-order valence-corrected chi connectivity index (χ1v) is 8.96. The first kappa shape index (κ1) is 16.1. The molecule has 3 heterocycles. The number of hydrogen-bond acceptors (Lipinski definition) is 6. The first-order valence-electron chi connectivity index (χ1n) is 8.14. The Morgan fingerprint density at radius 1 is 1.30 bits per heavy atom. The molecule has 2 aromatic rings. The highest BCUT2D eigenvalue weighted by molar-refractivity contribution is 7.13. The number of nitrogens with zero attached hydrogens (tertiary/aromatic N) is 4. The second-order valence-corrected chi connectivity index (χ2v) is 7.10. The molecule has 3 rings (SSSR count). The number of aryl methyl sites for hydroxylation is 3. The van der Waals surface area contributed by atoms with E-state index in [-0.39, 0.29) is 11.8 Å². The van der Waals surface area contributed by atoms with Gasteiger partial charge in [-0.25, -0.2) is 4.98 Å². The zero-order chi connectivity index (χ0) is 16.4. The van der Waals surface area contributed by atoms with Crippen LogP contribution >= 0.6 is 11.3 Å². The van der Waals surface area contributed by atoms with Gasteiger partial charge < -0.3 is 9.42 Å². The van der Waals surface area contributed by atoms with Gasteiger partial charge in [0.2, 0.25) is 5.89 Å². The van der Waals surface area contributed by atoms with E-state index in [0.29, 0.717) is 11.7 Å². The van der Waals surface area contributed by atoms with Crippen molar-refractivity contribution < 1.29 is 9.32 Å². The molecule has 0 aromatic carbocycles. The fraction of sp³-hybridized carbons (Fsp3) is 0.625. The van der Waals surface area contributed by atoms with E-state index in [0.717, 1.165) is 54.4 Å². The summed E-state index contributed by atoms with van der Waals surface area (Å²) < 4.78 is 5.26. The normalized spacial score (nSPS) is 16.0. The Balaban J connectivity index is 1.64. The van der Waals surface area contributed by atoms with Gasteiger partial charge in [-0.15, -0.1) is 11.3 Å². The third-order valence-electron chi connectivity index (χ3n) is 4.17. The van der Waals surface area contributed by atoms with E-state index in [4.69, 9.17) is 4.52 Å². The van der Waals surface area contributed by atoms with Crippen molar-refractivity contribution in [2.24, 2.45) is 0 Å². The van der Waals surface area contributed by atoms with E-state index >= 15 is 0 Å². The van der Waals surface area contributed by atoms with Crippen LogP contribution in [0.4, 0.5) is 0 Å². The molecule has 0 spiro atoms. The molecule has 2 aromatic heterocycles. The number of amides is 1. The maximum atomic E-state index is 12.7. The van der Waals surface area contributed by atoms with Crippen LogP contribution in [0, 0.1) is 13.8 Å². The zero-order valence-corrected chi connectivity index (χ0v) is 14.7. The van der Waals surface area contributed by atoms with Crippen LogP contribution in [0.5, 0.6) is 0 Å². The molecule has 1 aliphatic rings. The van der Waals surface area contributed by atoms with Gasteiger partial charge in [-0.2, -0.15) is 4.98 Å². The van der Waals surface area contributed by atoms with Crippen LogP contribution in [0.2, 0.25) is 0 Å². The van der Waals surface area contributed by atoms with E-state index in [1.54, 1.807) is 11.3 Å². The van der Waals surface area contributed by atoms with Gasteiger partial charge in [0, 0.05) is 19.0 Å². The van der Waals surface area contributed by atoms with Crippen LogP contribution in [0.1, 0.15) is 64.2 Å². The third kappa shape index (κ3) is 3.44. The number of likely N-dealkylation sites (tertiary alicyclic amines) is 1. The van der Waals surface area contributed by atoms with E-state index in [9.17, 15) is 4.79 Å². The first-order chi connectivity index (χ1) is 11.1. The summed E-state index contributed by atoms with van der Waals surface area (Å²) in [6.07, 6.45) is 3.73. The molecule has 0 aliphatic carbocycles. The van der Waals surface area contributed by atoms with Crippen molar-refractivity contribution in [1.29, 1.82) is 0 Å². The van der Waals surface area contributed by atoms with Gasteiger partial charge in [0.1, 0.15) is 4.88 Å². The highest BCUT2D eigenvalue weighted by atomic mass is 32.1. The Morgan fingerprint density at radius 3 is 2.65 bits per heavy atom. The predicted molar refractivity (Wildman–Crippen MR) is 87.8 cm³/mol. The van der Waals surface area contributed by atoms with Gasteiger partial charge in [0.25, 0.3) is 5.91 Å². The van der Waals surface area contributed by atoms with Crippen molar-refractivity contribution in [3.63, 3.8) is 0 Å². The van der Waals surface area contributed by atoms with E-state index in [2.05, 4.69) is 22.0 Å². The van der Waals surface area contributed by atoms with Gasteiger partial charge in [-0.1, -0.05) is 12.1 Å². The maximum Gasteiger partial charge on any atom is 0.265 e. The molecule has 7 heteroatoms. The Morgan fingerprint density at radius 2 is 2.04 bits per heavy atom. The quantitative estimate of drug-likeness (QED) is 0.859. The van der Waals surface area contributed by atoms with Crippen LogP contribution in [0.3, 0.4) is 0 Å².